The highest BCUT2D eigenvalue weighted by molar-refractivity contribution is 5.80. The van der Waals surface area contributed by atoms with Crippen molar-refractivity contribution in [2.45, 2.75) is 52.0 Å². The van der Waals surface area contributed by atoms with Gasteiger partial charge in [0.2, 0.25) is 0 Å². The van der Waals surface area contributed by atoms with Crippen LogP contribution >= 0.6 is 0 Å². The molecule has 1 fully saturated rings. The highest BCUT2D eigenvalue weighted by atomic mass is 16.1. The summed E-state index contributed by atoms with van der Waals surface area (Å²) in [5, 5.41) is 0. The Bertz CT molecular complexity index is 208. The molecular formula is C13H26N2O. The second kappa shape index (κ2) is 7.02. The first-order chi connectivity index (χ1) is 7.58. The number of carbonyl (C=O) groups excluding carboxylic acids is 1. The molecule has 3 nitrogen and oxygen atoms in total. The maximum absolute atomic E-state index is 11.7. The van der Waals surface area contributed by atoms with Crippen LogP contribution in [0.25, 0.3) is 0 Å². The number of hydrogen-bond donors (Lipinski definition) is 1. The summed E-state index contributed by atoms with van der Waals surface area (Å²) >= 11 is 0. The molecule has 0 aromatic rings. The molecule has 2 N–H and O–H groups in total. The van der Waals surface area contributed by atoms with Crippen LogP contribution < -0.4 is 5.73 Å². The van der Waals surface area contributed by atoms with Gasteiger partial charge in [-0.05, 0) is 25.2 Å². The Morgan fingerprint density at radius 1 is 1.38 bits per heavy atom. The number of ketones is 1. The van der Waals surface area contributed by atoms with Gasteiger partial charge < -0.3 is 5.73 Å². The van der Waals surface area contributed by atoms with E-state index in [-0.39, 0.29) is 0 Å². The minimum absolute atomic E-state index is 0.354. The highest BCUT2D eigenvalue weighted by Crippen LogP contribution is 2.10. The number of Topliss-reactive ketones (excluding diaryl/α,β-unsaturated/α-hetero) is 1. The van der Waals surface area contributed by atoms with Crippen LogP contribution in [0.1, 0.15) is 46.0 Å². The zero-order valence-corrected chi connectivity index (χ0v) is 10.7. The molecule has 3 heteroatoms. The summed E-state index contributed by atoms with van der Waals surface area (Å²) in [6.45, 7) is 7.05. The number of rotatable bonds is 6. The van der Waals surface area contributed by atoms with Crippen molar-refractivity contribution in [1.29, 1.82) is 0 Å². The van der Waals surface area contributed by atoms with Crippen LogP contribution in [0.5, 0.6) is 0 Å². The van der Waals surface area contributed by atoms with Gasteiger partial charge in [-0.1, -0.05) is 20.3 Å². The lowest BCUT2D eigenvalue weighted by Crippen LogP contribution is -2.41. The zero-order chi connectivity index (χ0) is 12.0. The summed E-state index contributed by atoms with van der Waals surface area (Å²) in [6.07, 6.45) is 5.04. The molecule has 16 heavy (non-hydrogen) atoms. The predicted molar refractivity (Wildman–Crippen MR) is 67.3 cm³/mol. The summed E-state index contributed by atoms with van der Waals surface area (Å²) in [7, 11) is 0. The fraction of sp³-hybridized carbons (Fsp3) is 0.923. The Hall–Kier alpha value is -0.410. The molecule has 0 amide bonds. The van der Waals surface area contributed by atoms with Gasteiger partial charge in [-0.25, -0.2) is 0 Å². The van der Waals surface area contributed by atoms with Gasteiger partial charge in [0.05, 0.1) is 6.54 Å². The molecule has 1 heterocycles. The van der Waals surface area contributed by atoms with Gasteiger partial charge >= 0.3 is 0 Å². The second-order valence-corrected chi connectivity index (χ2v) is 5.44. The zero-order valence-electron chi connectivity index (χ0n) is 10.7. The second-order valence-electron chi connectivity index (χ2n) is 5.44. The van der Waals surface area contributed by atoms with Crippen molar-refractivity contribution in [3.05, 3.63) is 0 Å². The lowest BCUT2D eigenvalue weighted by molar-refractivity contribution is -0.120. The van der Waals surface area contributed by atoms with E-state index in [0.29, 0.717) is 24.3 Å². The first-order valence-electron chi connectivity index (χ1n) is 6.57. The molecule has 0 aromatic heterocycles. The van der Waals surface area contributed by atoms with Gasteiger partial charge in [-0.2, -0.15) is 0 Å². The Balaban J connectivity index is 2.09. The number of nitrogens with zero attached hydrogens (tertiary/aromatic N) is 1. The van der Waals surface area contributed by atoms with Crippen molar-refractivity contribution in [2.75, 3.05) is 19.6 Å². The van der Waals surface area contributed by atoms with E-state index < -0.39 is 0 Å². The maximum atomic E-state index is 11.7. The van der Waals surface area contributed by atoms with Crippen molar-refractivity contribution in [2.24, 2.45) is 11.7 Å². The van der Waals surface area contributed by atoms with Crippen LogP contribution in [-0.4, -0.2) is 36.4 Å². The molecule has 0 aromatic carbocycles. The molecule has 0 aliphatic carbocycles. The Kier molecular flexibility index (Phi) is 5.99. The molecule has 1 rings (SSSR count). The van der Waals surface area contributed by atoms with Crippen molar-refractivity contribution in [3.63, 3.8) is 0 Å². The lowest BCUT2D eigenvalue weighted by Gasteiger charge is -2.29. The SMILES string of the molecule is CC(C)CCCC(=O)CN1CCC(N)CC1. The van der Waals surface area contributed by atoms with Gasteiger partial charge in [0.25, 0.3) is 0 Å². The predicted octanol–water partition coefficient (Wildman–Crippen LogP) is 1.80. The number of hydrogen-bond acceptors (Lipinski definition) is 3. The van der Waals surface area contributed by atoms with Crippen molar-refractivity contribution < 1.29 is 4.79 Å². The van der Waals surface area contributed by atoms with E-state index in [9.17, 15) is 4.79 Å². The van der Waals surface area contributed by atoms with Crippen LogP contribution in [-0.2, 0) is 4.79 Å². The molecule has 0 bridgehead atoms. The quantitative estimate of drug-likeness (QED) is 0.751. The van der Waals surface area contributed by atoms with Crippen molar-refractivity contribution in [3.8, 4) is 0 Å². The smallest absolute Gasteiger partial charge is 0.146 e. The standard InChI is InChI=1S/C13H26N2O/c1-11(2)4-3-5-13(16)10-15-8-6-12(14)7-9-15/h11-12H,3-10,14H2,1-2H3. The minimum Gasteiger partial charge on any atom is -0.328 e. The summed E-state index contributed by atoms with van der Waals surface area (Å²) in [5.41, 5.74) is 5.83. The van der Waals surface area contributed by atoms with Gasteiger partial charge in [-0.15, -0.1) is 0 Å². The molecule has 0 spiro atoms. The van der Waals surface area contributed by atoms with E-state index in [0.717, 1.165) is 45.2 Å². The number of likely N-dealkylation sites (tertiary alicyclic amines) is 1. The van der Waals surface area contributed by atoms with E-state index in [1.165, 1.54) is 0 Å². The lowest BCUT2D eigenvalue weighted by atomic mass is 10.0. The third kappa shape index (κ3) is 5.61. The fourth-order valence-electron chi connectivity index (χ4n) is 2.15. The van der Waals surface area contributed by atoms with Gasteiger partial charge in [0.15, 0.2) is 0 Å². The average molecular weight is 226 g/mol. The molecular weight excluding hydrogens is 200 g/mol. The van der Waals surface area contributed by atoms with Crippen LogP contribution in [0.4, 0.5) is 0 Å². The molecule has 1 aliphatic heterocycles. The normalized spacial score (nSPS) is 19.2. The van der Waals surface area contributed by atoms with Gasteiger partial charge in [0.1, 0.15) is 5.78 Å². The van der Waals surface area contributed by atoms with E-state index >= 15 is 0 Å². The summed E-state index contributed by atoms with van der Waals surface area (Å²) in [5.74, 6) is 1.11. The van der Waals surface area contributed by atoms with E-state index in [4.69, 9.17) is 5.73 Å². The van der Waals surface area contributed by atoms with E-state index in [1.54, 1.807) is 0 Å². The van der Waals surface area contributed by atoms with Crippen LogP contribution in [0.2, 0.25) is 0 Å². The van der Waals surface area contributed by atoms with Gasteiger partial charge in [-0.3, -0.25) is 9.69 Å². The minimum atomic E-state index is 0.354. The Morgan fingerprint density at radius 2 is 2.00 bits per heavy atom. The monoisotopic (exact) mass is 226 g/mol. The van der Waals surface area contributed by atoms with E-state index in [1.807, 2.05) is 0 Å². The number of carbonyl (C=O) groups is 1. The Morgan fingerprint density at radius 3 is 2.56 bits per heavy atom. The summed E-state index contributed by atoms with van der Waals surface area (Å²) in [4.78, 5) is 14.0. The topological polar surface area (TPSA) is 46.3 Å². The van der Waals surface area contributed by atoms with Crippen LogP contribution in [0.3, 0.4) is 0 Å². The largest absolute Gasteiger partial charge is 0.328 e. The molecule has 1 saturated heterocycles. The third-order valence-corrected chi connectivity index (χ3v) is 3.27. The van der Waals surface area contributed by atoms with E-state index in [2.05, 4.69) is 18.7 Å². The first-order valence-corrected chi connectivity index (χ1v) is 6.57. The van der Waals surface area contributed by atoms with Crippen LogP contribution in [0.15, 0.2) is 0 Å². The molecule has 0 unspecified atom stereocenters. The highest BCUT2D eigenvalue weighted by Gasteiger charge is 2.17. The average Bonchev–Trinajstić information content (AvgIpc) is 2.21. The Labute approximate surface area is 99.4 Å². The maximum Gasteiger partial charge on any atom is 0.146 e. The molecule has 0 saturated carbocycles. The molecule has 1 aliphatic rings. The number of nitrogens with two attached hydrogens (primary N) is 1. The first kappa shape index (κ1) is 13.7. The number of piperidine rings is 1. The van der Waals surface area contributed by atoms with Crippen molar-refractivity contribution >= 4 is 5.78 Å². The summed E-state index contributed by atoms with van der Waals surface area (Å²) < 4.78 is 0. The molecule has 0 atom stereocenters. The summed E-state index contributed by atoms with van der Waals surface area (Å²) in [6, 6.07) is 0.354. The molecule has 94 valence electrons. The van der Waals surface area contributed by atoms with Gasteiger partial charge in [0, 0.05) is 25.6 Å². The third-order valence-electron chi connectivity index (χ3n) is 3.27. The van der Waals surface area contributed by atoms with Crippen LogP contribution in [0, 0.1) is 5.92 Å². The van der Waals surface area contributed by atoms with Crippen molar-refractivity contribution in [1.82, 2.24) is 4.90 Å². The molecule has 0 radical (unpaired) electrons. The fourth-order valence-corrected chi connectivity index (χ4v) is 2.15.